The lowest BCUT2D eigenvalue weighted by Gasteiger charge is -2.46. The number of nitrogens with zero attached hydrogens (tertiary/aromatic N) is 2. The van der Waals surface area contributed by atoms with Crippen LogP contribution in [-0.4, -0.2) is 53.2 Å². The third kappa shape index (κ3) is 4.52. The molecule has 1 aromatic carbocycles. The van der Waals surface area contributed by atoms with Gasteiger partial charge >= 0.3 is 0 Å². The molecule has 0 bridgehead atoms. The summed E-state index contributed by atoms with van der Waals surface area (Å²) in [6.07, 6.45) is 7.54. The highest BCUT2D eigenvalue weighted by molar-refractivity contribution is 5.16. The van der Waals surface area contributed by atoms with E-state index in [1.807, 2.05) is 6.07 Å². The molecule has 3 nitrogen and oxygen atoms in total. The van der Waals surface area contributed by atoms with Gasteiger partial charge in [0.25, 0.3) is 0 Å². The zero-order chi connectivity index (χ0) is 16.1. The van der Waals surface area contributed by atoms with Crippen molar-refractivity contribution in [3.63, 3.8) is 0 Å². The van der Waals surface area contributed by atoms with E-state index >= 15 is 0 Å². The zero-order valence-corrected chi connectivity index (χ0v) is 14.0. The zero-order valence-electron chi connectivity index (χ0n) is 14.0. The number of hydrogen-bond donors (Lipinski definition) is 1. The molecule has 2 aliphatic rings. The summed E-state index contributed by atoms with van der Waals surface area (Å²) >= 11 is 0. The Bertz CT molecular complexity index is 490. The second-order valence-electron chi connectivity index (χ2n) is 7.06. The van der Waals surface area contributed by atoms with Gasteiger partial charge in [0.05, 0.1) is 0 Å². The Morgan fingerprint density at radius 2 is 1.96 bits per heavy atom. The Kier molecular flexibility index (Phi) is 6.03. The molecule has 1 aliphatic carbocycles. The van der Waals surface area contributed by atoms with Gasteiger partial charge in [-0.3, -0.25) is 9.80 Å². The molecule has 1 unspecified atom stereocenters. The SMILES string of the molecule is OCCC1CN(Cc2cccc(F)c2)CCN1C1CCCCC1. The summed E-state index contributed by atoms with van der Waals surface area (Å²) in [5.74, 6) is -0.157. The van der Waals surface area contributed by atoms with Crippen LogP contribution >= 0.6 is 0 Å². The van der Waals surface area contributed by atoms with Crippen LogP contribution in [0.3, 0.4) is 0 Å². The molecule has 1 N–H and O–H groups in total. The number of rotatable bonds is 5. The number of halogens is 1. The molecule has 0 radical (unpaired) electrons. The minimum absolute atomic E-state index is 0.157. The quantitative estimate of drug-likeness (QED) is 0.903. The summed E-state index contributed by atoms with van der Waals surface area (Å²) in [6, 6.07) is 8.06. The fraction of sp³-hybridized carbons (Fsp3) is 0.684. The molecule has 0 aromatic heterocycles. The van der Waals surface area contributed by atoms with Gasteiger partial charge < -0.3 is 5.11 Å². The highest BCUT2D eigenvalue weighted by Crippen LogP contribution is 2.27. The molecule has 1 aromatic rings. The minimum atomic E-state index is -0.157. The van der Waals surface area contributed by atoms with Gasteiger partial charge in [-0.25, -0.2) is 4.39 Å². The molecule has 4 heteroatoms. The van der Waals surface area contributed by atoms with Gasteiger partial charge in [-0.15, -0.1) is 0 Å². The van der Waals surface area contributed by atoms with E-state index in [2.05, 4.69) is 9.80 Å². The van der Waals surface area contributed by atoms with Gasteiger partial charge in [0.1, 0.15) is 5.82 Å². The number of aliphatic hydroxyl groups is 1. The summed E-state index contributed by atoms with van der Waals surface area (Å²) in [6.45, 7) is 4.15. The van der Waals surface area contributed by atoms with Crippen LogP contribution in [0.2, 0.25) is 0 Å². The van der Waals surface area contributed by atoms with Crippen molar-refractivity contribution in [2.45, 2.75) is 57.2 Å². The van der Waals surface area contributed by atoms with Crippen LogP contribution in [0.5, 0.6) is 0 Å². The van der Waals surface area contributed by atoms with Gasteiger partial charge in [-0.2, -0.15) is 0 Å². The topological polar surface area (TPSA) is 26.7 Å². The van der Waals surface area contributed by atoms with Crippen molar-refractivity contribution >= 4 is 0 Å². The largest absolute Gasteiger partial charge is 0.396 e. The number of benzene rings is 1. The fourth-order valence-corrected chi connectivity index (χ4v) is 4.27. The highest BCUT2D eigenvalue weighted by atomic mass is 19.1. The normalized spacial score (nSPS) is 24.9. The molecule has 1 aliphatic heterocycles. The van der Waals surface area contributed by atoms with E-state index in [9.17, 15) is 9.50 Å². The molecular formula is C19H29FN2O. The number of piperazine rings is 1. The van der Waals surface area contributed by atoms with Crippen molar-refractivity contribution in [1.29, 1.82) is 0 Å². The van der Waals surface area contributed by atoms with Crippen LogP contribution in [0.25, 0.3) is 0 Å². The Hall–Kier alpha value is -0.970. The monoisotopic (exact) mass is 320 g/mol. The highest BCUT2D eigenvalue weighted by Gasteiger charge is 2.32. The van der Waals surface area contributed by atoms with Gasteiger partial charge in [0, 0.05) is 44.9 Å². The first-order valence-electron chi connectivity index (χ1n) is 9.09. The summed E-state index contributed by atoms with van der Waals surface area (Å²) in [5.41, 5.74) is 1.04. The third-order valence-corrected chi connectivity index (χ3v) is 5.41. The van der Waals surface area contributed by atoms with E-state index in [1.165, 1.54) is 38.2 Å². The summed E-state index contributed by atoms with van der Waals surface area (Å²) in [4.78, 5) is 5.06. The van der Waals surface area contributed by atoms with E-state index in [0.717, 1.165) is 38.2 Å². The van der Waals surface area contributed by atoms with Gasteiger partial charge in [0.15, 0.2) is 0 Å². The lowest BCUT2D eigenvalue weighted by atomic mass is 9.91. The lowest BCUT2D eigenvalue weighted by Crippen LogP contribution is -2.56. The summed E-state index contributed by atoms with van der Waals surface area (Å²) < 4.78 is 13.4. The first-order valence-corrected chi connectivity index (χ1v) is 9.09. The Balaban J connectivity index is 1.61. The summed E-state index contributed by atoms with van der Waals surface area (Å²) in [7, 11) is 0. The maximum absolute atomic E-state index is 13.4. The van der Waals surface area contributed by atoms with Crippen LogP contribution in [-0.2, 0) is 6.54 Å². The van der Waals surface area contributed by atoms with E-state index in [1.54, 1.807) is 12.1 Å². The van der Waals surface area contributed by atoms with E-state index in [0.29, 0.717) is 12.1 Å². The molecule has 128 valence electrons. The Morgan fingerprint density at radius 1 is 1.13 bits per heavy atom. The molecule has 1 saturated heterocycles. The van der Waals surface area contributed by atoms with Crippen molar-refractivity contribution in [3.05, 3.63) is 35.6 Å². The van der Waals surface area contributed by atoms with Crippen LogP contribution < -0.4 is 0 Å². The smallest absolute Gasteiger partial charge is 0.123 e. The predicted octanol–water partition coefficient (Wildman–Crippen LogP) is 3.03. The molecular weight excluding hydrogens is 291 g/mol. The molecule has 3 rings (SSSR count). The molecule has 0 amide bonds. The van der Waals surface area contributed by atoms with Gasteiger partial charge in [0.2, 0.25) is 0 Å². The third-order valence-electron chi connectivity index (χ3n) is 5.41. The molecule has 1 saturated carbocycles. The number of aliphatic hydroxyl groups excluding tert-OH is 1. The lowest BCUT2D eigenvalue weighted by molar-refractivity contribution is 0.0136. The van der Waals surface area contributed by atoms with Crippen molar-refractivity contribution in [3.8, 4) is 0 Å². The van der Waals surface area contributed by atoms with Crippen LogP contribution in [0, 0.1) is 5.82 Å². The Labute approximate surface area is 139 Å². The standard InChI is InChI=1S/C19H29FN2O/c20-17-6-4-5-16(13-17)14-21-10-11-22(19(15-21)9-12-23)18-7-2-1-3-8-18/h4-6,13,18-19,23H,1-3,7-12,14-15H2. The molecule has 2 fully saturated rings. The minimum Gasteiger partial charge on any atom is -0.396 e. The summed E-state index contributed by atoms with van der Waals surface area (Å²) in [5, 5.41) is 9.45. The van der Waals surface area contributed by atoms with Crippen LogP contribution in [0.1, 0.15) is 44.1 Å². The maximum Gasteiger partial charge on any atom is 0.123 e. The van der Waals surface area contributed by atoms with E-state index in [4.69, 9.17) is 0 Å². The fourth-order valence-electron chi connectivity index (χ4n) is 4.27. The van der Waals surface area contributed by atoms with Gasteiger partial charge in [-0.1, -0.05) is 31.4 Å². The van der Waals surface area contributed by atoms with Crippen molar-refractivity contribution in [2.24, 2.45) is 0 Å². The molecule has 23 heavy (non-hydrogen) atoms. The predicted molar refractivity (Wildman–Crippen MR) is 90.7 cm³/mol. The molecule has 0 spiro atoms. The average molecular weight is 320 g/mol. The van der Waals surface area contributed by atoms with Crippen molar-refractivity contribution < 1.29 is 9.50 Å². The van der Waals surface area contributed by atoms with Crippen LogP contribution in [0.15, 0.2) is 24.3 Å². The first kappa shape index (κ1) is 16.9. The van der Waals surface area contributed by atoms with Gasteiger partial charge in [-0.05, 0) is 37.0 Å². The number of hydrogen-bond acceptors (Lipinski definition) is 3. The molecule has 1 atom stereocenters. The van der Waals surface area contributed by atoms with E-state index < -0.39 is 0 Å². The second-order valence-corrected chi connectivity index (χ2v) is 7.06. The average Bonchev–Trinajstić information content (AvgIpc) is 2.56. The second kappa shape index (κ2) is 8.22. The van der Waals surface area contributed by atoms with Crippen LogP contribution in [0.4, 0.5) is 4.39 Å². The van der Waals surface area contributed by atoms with Crippen molar-refractivity contribution in [2.75, 3.05) is 26.2 Å². The van der Waals surface area contributed by atoms with Crippen molar-refractivity contribution in [1.82, 2.24) is 9.80 Å². The van der Waals surface area contributed by atoms with E-state index in [-0.39, 0.29) is 12.4 Å². The first-order chi connectivity index (χ1) is 11.3. The maximum atomic E-state index is 13.4. The molecule has 1 heterocycles. The Morgan fingerprint density at radius 3 is 2.70 bits per heavy atom.